The number of hydrogen-bond acceptors (Lipinski definition) is 2. The van der Waals surface area contributed by atoms with Gasteiger partial charge in [0.05, 0.1) is 19.1 Å². The van der Waals surface area contributed by atoms with E-state index in [4.69, 9.17) is 4.74 Å². The molecular formula is C14H19NO2. The van der Waals surface area contributed by atoms with Gasteiger partial charge >= 0.3 is 0 Å². The summed E-state index contributed by atoms with van der Waals surface area (Å²) < 4.78 is 5.44. The van der Waals surface area contributed by atoms with Crippen LogP contribution in [0.4, 0.5) is 0 Å². The lowest BCUT2D eigenvalue weighted by Crippen LogP contribution is -2.45. The summed E-state index contributed by atoms with van der Waals surface area (Å²) in [4.78, 5) is 14.0. The molecule has 2 rings (SSSR count). The number of carbonyl (C=O) groups excluding carboxylic acids is 1. The minimum Gasteiger partial charge on any atom is -0.375 e. The second-order valence-electron chi connectivity index (χ2n) is 4.62. The van der Waals surface area contributed by atoms with Gasteiger partial charge in [0.25, 0.3) is 0 Å². The van der Waals surface area contributed by atoms with Gasteiger partial charge < -0.3 is 9.64 Å². The molecule has 1 heterocycles. The molecule has 17 heavy (non-hydrogen) atoms. The lowest BCUT2D eigenvalue weighted by atomic mass is 10.1. The normalized spacial score (nSPS) is 20.4. The molecule has 0 aromatic heterocycles. The van der Waals surface area contributed by atoms with Crippen LogP contribution in [0.5, 0.6) is 0 Å². The first-order valence-electron chi connectivity index (χ1n) is 6.10. The first-order valence-corrected chi connectivity index (χ1v) is 6.10. The first kappa shape index (κ1) is 12.1. The Hall–Kier alpha value is -1.35. The lowest BCUT2D eigenvalue weighted by molar-refractivity contribution is -0.137. The summed E-state index contributed by atoms with van der Waals surface area (Å²) in [7, 11) is 0. The van der Waals surface area contributed by atoms with Gasteiger partial charge in [-0.25, -0.2) is 0 Å². The van der Waals surface area contributed by atoms with Crippen molar-refractivity contribution in [3.63, 3.8) is 0 Å². The highest BCUT2D eigenvalue weighted by Gasteiger charge is 2.21. The Kier molecular flexibility index (Phi) is 3.79. The van der Waals surface area contributed by atoms with Crippen molar-refractivity contribution in [2.75, 3.05) is 19.7 Å². The number of hydrogen-bond donors (Lipinski definition) is 0. The van der Waals surface area contributed by atoms with Gasteiger partial charge in [0, 0.05) is 13.1 Å². The molecule has 1 aliphatic heterocycles. The summed E-state index contributed by atoms with van der Waals surface area (Å²) in [6, 6.07) is 8.05. The highest BCUT2D eigenvalue weighted by Crippen LogP contribution is 2.11. The fourth-order valence-electron chi connectivity index (χ4n) is 2.13. The van der Waals surface area contributed by atoms with Gasteiger partial charge in [-0.15, -0.1) is 0 Å². The molecule has 92 valence electrons. The maximum Gasteiger partial charge on any atom is 0.227 e. The molecule has 0 radical (unpaired) electrons. The summed E-state index contributed by atoms with van der Waals surface area (Å²) in [5, 5.41) is 0. The molecule has 1 aromatic carbocycles. The van der Waals surface area contributed by atoms with Crippen molar-refractivity contribution in [2.24, 2.45) is 0 Å². The molecule has 0 saturated carbocycles. The summed E-state index contributed by atoms with van der Waals surface area (Å²) >= 11 is 0. The van der Waals surface area contributed by atoms with Crippen molar-refractivity contribution < 1.29 is 9.53 Å². The third kappa shape index (κ3) is 3.07. The second-order valence-corrected chi connectivity index (χ2v) is 4.62. The Labute approximate surface area is 102 Å². The molecule has 1 aliphatic rings. The number of benzene rings is 1. The zero-order valence-corrected chi connectivity index (χ0v) is 10.5. The highest BCUT2D eigenvalue weighted by atomic mass is 16.5. The predicted molar refractivity (Wildman–Crippen MR) is 66.9 cm³/mol. The van der Waals surface area contributed by atoms with Crippen LogP contribution in [0.3, 0.4) is 0 Å². The van der Waals surface area contributed by atoms with Crippen LogP contribution in [0.1, 0.15) is 18.1 Å². The standard InChI is InChI=1S/C14H19NO2/c1-11-5-3-4-6-13(11)9-14(16)15-7-8-17-12(2)10-15/h3-6,12H,7-10H2,1-2H3. The Balaban J connectivity index is 1.99. The molecule has 0 aliphatic carbocycles. The number of nitrogens with zero attached hydrogens (tertiary/aromatic N) is 1. The average Bonchev–Trinajstić information content (AvgIpc) is 2.32. The third-order valence-corrected chi connectivity index (χ3v) is 3.20. The summed E-state index contributed by atoms with van der Waals surface area (Å²) in [5.41, 5.74) is 2.30. The van der Waals surface area contributed by atoms with E-state index in [-0.39, 0.29) is 12.0 Å². The molecule has 0 N–H and O–H groups in total. The van der Waals surface area contributed by atoms with Gasteiger partial charge in [0.1, 0.15) is 0 Å². The molecule has 1 atom stereocenters. The number of amides is 1. The Bertz CT molecular complexity index is 403. The molecule has 1 saturated heterocycles. The van der Waals surface area contributed by atoms with Crippen LogP contribution in [0.2, 0.25) is 0 Å². The van der Waals surface area contributed by atoms with Gasteiger partial charge in [0.2, 0.25) is 5.91 Å². The molecule has 0 spiro atoms. The molecule has 1 fully saturated rings. The van der Waals surface area contributed by atoms with Crippen LogP contribution in [0.25, 0.3) is 0 Å². The summed E-state index contributed by atoms with van der Waals surface area (Å²) in [5.74, 6) is 0.203. The van der Waals surface area contributed by atoms with Crippen LogP contribution in [0, 0.1) is 6.92 Å². The van der Waals surface area contributed by atoms with Crippen molar-refractivity contribution in [2.45, 2.75) is 26.4 Å². The molecule has 3 nitrogen and oxygen atoms in total. The lowest BCUT2D eigenvalue weighted by Gasteiger charge is -2.31. The largest absolute Gasteiger partial charge is 0.375 e. The molecule has 0 bridgehead atoms. The first-order chi connectivity index (χ1) is 8.16. The van der Waals surface area contributed by atoms with Crippen molar-refractivity contribution >= 4 is 5.91 Å². The Morgan fingerprint density at radius 1 is 1.47 bits per heavy atom. The number of morpholine rings is 1. The van der Waals surface area contributed by atoms with Gasteiger partial charge in [-0.1, -0.05) is 24.3 Å². The van der Waals surface area contributed by atoms with Crippen molar-refractivity contribution in [3.05, 3.63) is 35.4 Å². The van der Waals surface area contributed by atoms with Crippen LogP contribution in [0.15, 0.2) is 24.3 Å². The Morgan fingerprint density at radius 3 is 2.94 bits per heavy atom. The number of aryl methyl sites for hydroxylation is 1. The fraction of sp³-hybridized carbons (Fsp3) is 0.500. The zero-order chi connectivity index (χ0) is 12.3. The van der Waals surface area contributed by atoms with E-state index in [0.29, 0.717) is 19.6 Å². The topological polar surface area (TPSA) is 29.5 Å². The molecular weight excluding hydrogens is 214 g/mol. The van der Waals surface area contributed by atoms with Crippen LogP contribution >= 0.6 is 0 Å². The van der Waals surface area contributed by atoms with E-state index in [1.807, 2.05) is 43.0 Å². The van der Waals surface area contributed by atoms with Crippen LogP contribution in [-0.4, -0.2) is 36.6 Å². The van der Waals surface area contributed by atoms with E-state index in [9.17, 15) is 4.79 Å². The number of carbonyl (C=O) groups is 1. The molecule has 3 heteroatoms. The SMILES string of the molecule is Cc1ccccc1CC(=O)N1CCOC(C)C1. The van der Waals surface area contributed by atoms with Gasteiger partial charge in [-0.2, -0.15) is 0 Å². The number of rotatable bonds is 2. The minimum absolute atomic E-state index is 0.157. The maximum absolute atomic E-state index is 12.1. The molecule has 1 unspecified atom stereocenters. The summed E-state index contributed by atoms with van der Waals surface area (Å²) in [6.07, 6.45) is 0.656. The van der Waals surface area contributed by atoms with E-state index >= 15 is 0 Å². The van der Waals surface area contributed by atoms with Crippen LogP contribution in [-0.2, 0) is 16.0 Å². The summed E-state index contributed by atoms with van der Waals surface area (Å²) in [6.45, 7) is 6.14. The van der Waals surface area contributed by atoms with Crippen molar-refractivity contribution in [3.8, 4) is 0 Å². The third-order valence-electron chi connectivity index (χ3n) is 3.20. The zero-order valence-electron chi connectivity index (χ0n) is 10.5. The molecule has 1 amide bonds. The quantitative estimate of drug-likeness (QED) is 0.779. The maximum atomic E-state index is 12.1. The average molecular weight is 233 g/mol. The van der Waals surface area contributed by atoms with E-state index in [1.54, 1.807) is 0 Å². The van der Waals surface area contributed by atoms with E-state index in [0.717, 1.165) is 12.1 Å². The number of ether oxygens (including phenoxy) is 1. The van der Waals surface area contributed by atoms with E-state index < -0.39 is 0 Å². The van der Waals surface area contributed by atoms with Gasteiger partial charge in [-0.3, -0.25) is 4.79 Å². The van der Waals surface area contributed by atoms with E-state index in [2.05, 4.69) is 0 Å². The highest BCUT2D eigenvalue weighted by molar-refractivity contribution is 5.79. The molecule has 1 aromatic rings. The predicted octanol–water partition coefficient (Wildman–Crippen LogP) is 1.78. The van der Waals surface area contributed by atoms with Gasteiger partial charge in [-0.05, 0) is 25.0 Å². The Morgan fingerprint density at radius 2 is 2.24 bits per heavy atom. The minimum atomic E-state index is 0.157. The van der Waals surface area contributed by atoms with Crippen molar-refractivity contribution in [1.82, 2.24) is 4.90 Å². The van der Waals surface area contributed by atoms with Crippen LogP contribution < -0.4 is 0 Å². The second kappa shape index (κ2) is 5.32. The van der Waals surface area contributed by atoms with Crippen molar-refractivity contribution in [1.29, 1.82) is 0 Å². The van der Waals surface area contributed by atoms with Gasteiger partial charge in [0.15, 0.2) is 0 Å². The smallest absolute Gasteiger partial charge is 0.227 e. The fourth-order valence-corrected chi connectivity index (χ4v) is 2.13. The monoisotopic (exact) mass is 233 g/mol. The van der Waals surface area contributed by atoms with E-state index in [1.165, 1.54) is 5.56 Å².